The Morgan fingerprint density at radius 1 is 1.00 bits per heavy atom. The fraction of sp³-hybridized carbons (Fsp3) is 0.458. The number of carbonyl (C=O) groups excluding carboxylic acids is 1. The zero-order valence-corrected chi connectivity index (χ0v) is 20.0. The number of benzene rings is 2. The van der Waals surface area contributed by atoms with E-state index < -0.39 is 10.0 Å². The zero-order chi connectivity index (χ0) is 23.1. The average Bonchev–Trinajstić information content (AvgIpc) is 2.79. The summed E-state index contributed by atoms with van der Waals surface area (Å²) in [6.45, 7) is 7.38. The first-order valence-electron chi connectivity index (χ1n) is 11.3. The number of likely N-dealkylation sites (N-methyl/N-ethyl adjacent to an activating group) is 1. The number of nitrogens with zero attached hydrogens (tertiary/aromatic N) is 2. The van der Waals surface area contributed by atoms with Gasteiger partial charge in [-0.15, -0.1) is 0 Å². The minimum absolute atomic E-state index is 0.145. The van der Waals surface area contributed by atoms with Crippen LogP contribution in [0.1, 0.15) is 42.6 Å². The molecule has 1 fully saturated rings. The lowest BCUT2D eigenvalue weighted by atomic mass is 10.1. The molecule has 8 heteroatoms. The van der Waals surface area contributed by atoms with Crippen molar-refractivity contribution in [2.75, 3.05) is 50.0 Å². The second-order valence-corrected chi connectivity index (χ2v) is 9.96. The molecular weight excluding hydrogens is 424 g/mol. The summed E-state index contributed by atoms with van der Waals surface area (Å²) >= 11 is 0. The first-order chi connectivity index (χ1) is 15.3. The Hall–Kier alpha value is -2.42. The summed E-state index contributed by atoms with van der Waals surface area (Å²) in [7, 11) is -1.68. The smallest absolute Gasteiger partial charge is 0.255 e. The van der Waals surface area contributed by atoms with Crippen molar-refractivity contribution in [2.45, 2.75) is 38.0 Å². The average molecular weight is 459 g/mol. The predicted octanol–water partition coefficient (Wildman–Crippen LogP) is 3.33. The van der Waals surface area contributed by atoms with Crippen molar-refractivity contribution in [2.24, 2.45) is 0 Å². The number of hydrogen-bond donors (Lipinski definition) is 2. The van der Waals surface area contributed by atoms with Crippen LogP contribution in [-0.4, -0.2) is 59.0 Å². The SMILES string of the molecule is CCCCc1ccc(NC(=O)c2ccc(N3CCN(C)CC3)c(S(=O)(=O)NCC)c2)cc1. The Labute approximate surface area is 191 Å². The van der Waals surface area contributed by atoms with Crippen molar-refractivity contribution in [3.8, 4) is 0 Å². The Kier molecular flexibility index (Phi) is 8.28. The van der Waals surface area contributed by atoms with E-state index in [2.05, 4.69) is 33.8 Å². The van der Waals surface area contributed by atoms with Gasteiger partial charge in [0.25, 0.3) is 5.91 Å². The summed E-state index contributed by atoms with van der Waals surface area (Å²) in [5.41, 5.74) is 2.88. The quantitative estimate of drug-likeness (QED) is 0.602. The second kappa shape index (κ2) is 10.9. The van der Waals surface area contributed by atoms with Crippen LogP contribution in [0.3, 0.4) is 0 Å². The fourth-order valence-electron chi connectivity index (χ4n) is 3.79. The van der Waals surface area contributed by atoms with E-state index in [9.17, 15) is 13.2 Å². The molecule has 32 heavy (non-hydrogen) atoms. The summed E-state index contributed by atoms with van der Waals surface area (Å²) in [4.78, 5) is 17.3. The van der Waals surface area contributed by atoms with Gasteiger partial charge < -0.3 is 15.1 Å². The molecule has 0 aromatic heterocycles. The summed E-state index contributed by atoms with van der Waals surface area (Å²) in [6.07, 6.45) is 3.29. The van der Waals surface area contributed by atoms with Crippen LogP contribution in [-0.2, 0) is 16.4 Å². The monoisotopic (exact) mass is 458 g/mol. The van der Waals surface area contributed by atoms with E-state index in [0.717, 1.165) is 45.4 Å². The highest BCUT2D eigenvalue weighted by Crippen LogP contribution is 2.28. The highest BCUT2D eigenvalue weighted by molar-refractivity contribution is 7.89. The number of anilines is 2. The standard InChI is InChI=1S/C24H34N4O3S/c1-4-6-7-19-8-11-21(12-9-19)26-24(29)20-10-13-22(28-16-14-27(3)15-17-28)23(18-20)32(30,31)25-5-2/h8-13,18,25H,4-7,14-17H2,1-3H3,(H,26,29). The molecule has 0 atom stereocenters. The van der Waals surface area contributed by atoms with Gasteiger partial charge >= 0.3 is 0 Å². The van der Waals surface area contributed by atoms with Gasteiger partial charge in [-0.2, -0.15) is 0 Å². The molecule has 0 bridgehead atoms. The van der Waals surface area contributed by atoms with Gasteiger partial charge in [-0.1, -0.05) is 32.4 Å². The van der Waals surface area contributed by atoms with Gasteiger partial charge in [0, 0.05) is 44.0 Å². The van der Waals surface area contributed by atoms with Gasteiger partial charge in [0.2, 0.25) is 10.0 Å². The zero-order valence-electron chi connectivity index (χ0n) is 19.2. The Balaban J connectivity index is 1.84. The number of carbonyl (C=O) groups is 1. The number of hydrogen-bond acceptors (Lipinski definition) is 5. The summed E-state index contributed by atoms with van der Waals surface area (Å²) < 4.78 is 28.4. The molecule has 3 rings (SSSR count). The molecule has 0 aliphatic carbocycles. The summed E-state index contributed by atoms with van der Waals surface area (Å²) in [5, 5.41) is 2.88. The summed E-state index contributed by atoms with van der Waals surface area (Å²) in [6, 6.07) is 12.7. The third-order valence-corrected chi connectivity index (χ3v) is 7.30. The molecule has 7 nitrogen and oxygen atoms in total. The molecule has 1 heterocycles. The number of rotatable bonds is 9. The van der Waals surface area contributed by atoms with Gasteiger partial charge in [-0.25, -0.2) is 13.1 Å². The van der Waals surface area contributed by atoms with E-state index in [1.54, 1.807) is 19.1 Å². The van der Waals surface area contributed by atoms with E-state index in [1.165, 1.54) is 11.6 Å². The van der Waals surface area contributed by atoms with Gasteiger partial charge in [0.05, 0.1) is 5.69 Å². The lowest BCUT2D eigenvalue weighted by Gasteiger charge is -2.35. The van der Waals surface area contributed by atoms with Crippen molar-refractivity contribution in [1.29, 1.82) is 0 Å². The van der Waals surface area contributed by atoms with E-state index in [-0.39, 0.29) is 17.3 Å². The lowest BCUT2D eigenvalue weighted by molar-refractivity contribution is 0.102. The normalized spacial score (nSPS) is 15.0. The molecule has 1 aliphatic rings. The van der Waals surface area contributed by atoms with Crippen molar-refractivity contribution in [3.63, 3.8) is 0 Å². The van der Waals surface area contributed by atoms with Crippen LogP contribution in [0.15, 0.2) is 47.4 Å². The van der Waals surface area contributed by atoms with Crippen LogP contribution in [0.25, 0.3) is 0 Å². The molecular formula is C24H34N4O3S. The largest absolute Gasteiger partial charge is 0.368 e. The van der Waals surface area contributed by atoms with E-state index >= 15 is 0 Å². The number of nitrogens with one attached hydrogen (secondary N) is 2. The minimum Gasteiger partial charge on any atom is -0.368 e. The first-order valence-corrected chi connectivity index (χ1v) is 12.8. The lowest BCUT2D eigenvalue weighted by Crippen LogP contribution is -2.45. The molecule has 2 N–H and O–H groups in total. The third kappa shape index (κ3) is 6.09. The first kappa shape index (κ1) is 24.2. The molecule has 0 radical (unpaired) electrons. The van der Waals surface area contributed by atoms with E-state index in [0.29, 0.717) is 16.9 Å². The number of piperazine rings is 1. The molecule has 0 saturated carbocycles. The number of amides is 1. The topological polar surface area (TPSA) is 81.8 Å². The van der Waals surface area contributed by atoms with Crippen LogP contribution >= 0.6 is 0 Å². The van der Waals surface area contributed by atoms with Gasteiger partial charge in [-0.05, 0) is 55.8 Å². The molecule has 174 valence electrons. The Bertz CT molecular complexity index is 1010. The van der Waals surface area contributed by atoms with Crippen LogP contribution in [0.2, 0.25) is 0 Å². The summed E-state index contributed by atoms with van der Waals surface area (Å²) in [5.74, 6) is -0.329. The molecule has 0 unspecified atom stereocenters. The van der Waals surface area contributed by atoms with Crippen LogP contribution in [0, 0.1) is 0 Å². The number of aryl methyl sites for hydroxylation is 1. The Morgan fingerprint density at radius 3 is 2.31 bits per heavy atom. The minimum atomic E-state index is -3.73. The maximum atomic E-state index is 12.9. The van der Waals surface area contributed by atoms with Crippen LogP contribution in [0.5, 0.6) is 0 Å². The van der Waals surface area contributed by atoms with Crippen LogP contribution < -0.4 is 14.9 Å². The van der Waals surface area contributed by atoms with Gasteiger partial charge in [-0.3, -0.25) is 4.79 Å². The van der Waals surface area contributed by atoms with Crippen molar-refractivity contribution in [1.82, 2.24) is 9.62 Å². The molecule has 2 aromatic carbocycles. The van der Waals surface area contributed by atoms with Crippen molar-refractivity contribution < 1.29 is 13.2 Å². The van der Waals surface area contributed by atoms with Crippen molar-refractivity contribution >= 4 is 27.3 Å². The van der Waals surface area contributed by atoms with Crippen LogP contribution in [0.4, 0.5) is 11.4 Å². The van der Waals surface area contributed by atoms with E-state index in [4.69, 9.17) is 0 Å². The molecule has 0 spiro atoms. The molecule has 2 aromatic rings. The number of sulfonamides is 1. The van der Waals surface area contributed by atoms with E-state index in [1.807, 2.05) is 24.3 Å². The third-order valence-electron chi connectivity index (χ3n) is 5.72. The maximum Gasteiger partial charge on any atom is 0.255 e. The highest BCUT2D eigenvalue weighted by Gasteiger charge is 2.25. The van der Waals surface area contributed by atoms with Gasteiger partial charge in [0.1, 0.15) is 4.90 Å². The maximum absolute atomic E-state index is 12.9. The fourth-order valence-corrected chi connectivity index (χ4v) is 5.08. The second-order valence-electron chi connectivity index (χ2n) is 8.23. The molecule has 1 saturated heterocycles. The van der Waals surface area contributed by atoms with Gasteiger partial charge in [0.15, 0.2) is 0 Å². The number of unbranched alkanes of at least 4 members (excludes halogenated alkanes) is 1. The predicted molar refractivity (Wildman–Crippen MR) is 130 cm³/mol. The molecule has 1 amide bonds. The Morgan fingerprint density at radius 2 is 1.69 bits per heavy atom. The van der Waals surface area contributed by atoms with Crippen molar-refractivity contribution in [3.05, 3.63) is 53.6 Å². The molecule has 1 aliphatic heterocycles. The highest BCUT2D eigenvalue weighted by atomic mass is 32.2.